The summed E-state index contributed by atoms with van der Waals surface area (Å²) in [5.41, 5.74) is 3.61. The molecule has 0 atom stereocenters. The van der Waals surface area contributed by atoms with Crippen LogP contribution < -0.4 is 5.32 Å². The third-order valence-electron chi connectivity index (χ3n) is 4.24. The molecule has 0 heterocycles. The van der Waals surface area contributed by atoms with Gasteiger partial charge in [-0.15, -0.1) is 0 Å². The van der Waals surface area contributed by atoms with Crippen LogP contribution in [0.3, 0.4) is 0 Å². The molecule has 26 heavy (non-hydrogen) atoms. The average molecular weight is 372 g/mol. The highest BCUT2D eigenvalue weighted by Crippen LogP contribution is 2.38. The van der Waals surface area contributed by atoms with Crippen molar-refractivity contribution >= 4 is 23.4 Å². The predicted octanol–water partition coefficient (Wildman–Crippen LogP) is 6.27. The highest BCUT2D eigenvalue weighted by molar-refractivity contribution is 7.99. The highest BCUT2D eigenvalue weighted by atomic mass is 32.2. The molecule has 2 N–H and O–H groups in total. The van der Waals surface area contributed by atoms with Gasteiger partial charge in [-0.05, 0) is 66.8 Å². The van der Waals surface area contributed by atoms with Crippen molar-refractivity contribution < 1.29 is 9.90 Å². The van der Waals surface area contributed by atoms with Crippen molar-refractivity contribution in [2.45, 2.75) is 64.2 Å². The van der Waals surface area contributed by atoms with Crippen molar-refractivity contribution in [2.75, 3.05) is 5.32 Å². The van der Waals surface area contributed by atoms with Crippen LogP contribution in [-0.4, -0.2) is 11.0 Å². The Labute approximate surface area is 161 Å². The highest BCUT2D eigenvalue weighted by Gasteiger charge is 2.21. The van der Waals surface area contributed by atoms with Gasteiger partial charge >= 0.3 is 0 Å². The van der Waals surface area contributed by atoms with E-state index in [4.69, 9.17) is 0 Å². The maximum absolute atomic E-state index is 12.2. The van der Waals surface area contributed by atoms with E-state index in [9.17, 15) is 9.90 Å². The molecule has 2 aromatic carbocycles. The summed E-state index contributed by atoms with van der Waals surface area (Å²) in [4.78, 5) is 14.5. The fraction of sp³-hybridized carbons (Fsp3) is 0.409. The minimum absolute atomic E-state index is 0.0109. The lowest BCUT2D eigenvalue weighted by Crippen LogP contribution is -2.27. The Balaban J connectivity index is 2.29. The molecule has 4 heteroatoms. The fourth-order valence-electron chi connectivity index (χ4n) is 2.68. The van der Waals surface area contributed by atoms with Gasteiger partial charge in [-0.25, -0.2) is 0 Å². The Hall–Kier alpha value is -1.94. The molecule has 0 unspecified atom stereocenters. The van der Waals surface area contributed by atoms with Crippen LogP contribution in [0.25, 0.3) is 0 Å². The molecule has 0 spiro atoms. The van der Waals surface area contributed by atoms with Crippen molar-refractivity contribution in [3.05, 3.63) is 47.0 Å². The number of nitrogens with one attached hydrogen (secondary N) is 1. The van der Waals surface area contributed by atoms with Crippen molar-refractivity contribution in [1.29, 1.82) is 0 Å². The lowest BCUT2D eigenvalue weighted by molar-refractivity contribution is -0.123. The van der Waals surface area contributed by atoms with Gasteiger partial charge in [0.2, 0.25) is 5.91 Å². The monoisotopic (exact) mass is 371 g/mol. The summed E-state index contributed by atoms with van der Waals surface area (Å²) in [7, 11) is 0. The van der Waals surface area contributed by atoms with Crippen LogP contribution in [-0.2, 0) is 4.79 Å². The number of carbonyl (C=O) groups is 1. The molecule has 0 bridgehead atoms. The Kier molecular flexibility index (Phi) is 6.07. The Morgan fingerprint density at radius 2 is 1.65 bits per heavy atom. The minimum Gasteiger partial charge on any atom is -0.508 e. The molecular weight excluding hydrogens is 342 g/mol. The maximum atomic E-state index is 12.2. The molecular formula is C22H29NO2S. The number of amides is 1. The van der Waals surface area contributed by atoms with Crippen molar-refractivity contribution in [2.24, 2.45) is 5.41 Å². The van der Waals surface area contributed by atoms with Crippen molar-refractivity contribution in [3.63, 3.8) is 0 Å². The molecule has 1 amide bonds. The summed E-state index contributed by atoms with van der Waals surface area (Å²) in [5, 5.41) is 13.0. The number of anilines is 1. The zero-order chi connectivity index (χ0) is 19.6. The first-order chi connectivity index (χ1) is 12.0. The molecule has 2 rings (SSSR count). The van der Waals surface area contributed by atoms with E-state index >= 15 is 0 Å². The summed E-state index contributed by atoms with van der Waals surface area (Å²) in [6.07, 6.45) is 0. The van der Waals surface area contributed by atoms with Gasteiger partial charge in [-0.2, -0.15) is 0 Å². The Morgan fingerprint density at radius 3 is 2.15 bits per heavy atom. The Morgan fingerprint density at radius 1 is 1.08 bits per heavy atom. The smallest absolute Gasteiger partial charge is 0.229 e. The van der Waals surface area contributed by atoms with Gasteiger partial charge < -0.3 is 10.4 Å². The molecule has 0 aliphatic heterocycles. The third-order valence-corrected chi connectivity index (χ3v) is 5.58. The summed E-state index contributed by atoms with van der Waals surface area (Å²) >= 11 is 1.69. The third kappa shape index (κ3) is 4.82. The molecule has 0 aromatic heterocycles. The van der Waals surface area contributed by atoms with E-state index in [0.717, 1.165) is 27.3 Å². The van der Waals surface area contributed by atoms with Crippen molar-refractivity contribution in [3.8, 4) is 5.75 Å². The van der Waals surface area contributed by atoms with Crippen LogP contribution in [0.4, 0.5) is 5.69 Å². The van der Waals surface area contributed by atoms with Crippen LogP contribution in [0.5, 0.6) is 5.75 Å². The Bertz CT molecular complexity index is 796. The number of carbonyl (C=O) groups excluding carboxylic acids is 1. The maximum Gasteiger partial charge on any atom is 0.229 e. The second-order valence-electron chi connectivity index (χ2n) is 8.12. The molecule has 0 saturated carbocycles. The molecule has 0 fully saturated rings. The van der Waals surface area contributed by atoms with Crippen LogP contribution in [0.2, 0.25) is 0 Å². The molecule has 0 aliphatic carbocycles. The summed E-state index contributed by atoms with van der Waals surface area (Å²) < 4.78 is 0. The number of rotatable bonds is 4. The number of phenolic OH excluding ortho intramolecular Hbond substituents is 1. The molecule has 140 valence electrons. The van der Waals surface area contributed by atoms with Crippen LogP contribution in [0.1, 0.15) is 57.2 Å². The molecule has 0 aliphatic rings. The largest absolute Gasteiger partial charge is 0.508 e. The first kappa shape index (κ1) is 20.4. The zero-order valence-electron chi connectivity index (χ0n) is 16.7. The second-order valence-corrected chi connectivity index (χ2v) is 9.20. The fourth-order valence-corrected chi connectivity index (χ4v) is 3.68. The van der Waals surface area contributed by atoms with Gasteiger partial charge in [0.25, 0.3) is 0 Å². The standard InChI is InChI=1S/C22H29NO2S/c1-13(2)18-12-17(8-9-19(18)24)26-20-14(3)10-16(11-15(20)4)23-21(25)22(5,6)7/h8-13,24H,1-7H3,(H,23,25). The SMILES string of the molecule is Cc1cc(NC(=O)C(C)(C)C)cc(C)c1Sc1ccc(O)c(C(C)C)c1. The van der Waals surface area contributed by atoms with E-state index in [1.54, 1.807) is 17.8 Å². The average Bonchev–Trinajstić information content (AvgIpc) is 2.51. The number of hydrogen-bond donors (Lipinski definition) is 2. The number of benzene rings is 2. The zero-order valence-corrected chi connectivity index (χ0v) is 17.5. The van der Waals surface area contributed by atoms with E-state index in [2.05, 4.69) is 39.1 Å². The number of aryl methyl sites for hydroxylation is 2. The van der Waals surface area contributed by atoms with Crippen LogP contribution in [0, 0.1) is 19.3 Å². The van der Waals surface area contributed by atoms with E-state index in [1.165, 1.54) is 4.90 Å². The van der Waals surface area contributed by atoms with E-state index in [-0.39, 0.29) is 11.8 Å². The quantitative estimate of drug-likeness (QED) is 0.666. The van der Waals surface area contributed by atoms with Gasteiger partial charge in [-0.3, -0.25) is 4.79 Å². The molecule has 3 nitrogen and oxygen atoms in total. The van der Waals surface area contributed by atoms with E-state index in [1.807, 2.05) is 39.0 Å². The van der Waals surface area contributed by atoms with Crippen molar-refractivity contribution in [1.82, 2.24) is 0 Å². The van der Waals surface area contributed by atoms with Crippen LogP contribution >= 0.6 is 11.8 Å². The van der Waals surface area contributed by atoms with Gasteiger partial charge in [0.1, 0.15) is 5.75 Å². The lowest BCUT2D eigenvalue weighted by Gasteiger charge is -2.19. The van der Waals surface area contributed by atoms with E-state index < -0.39 is 5.41 Å². The summed E-state index contributed by atoms with van der Waals surface area (Å²) in [5.74, 6) is 0.627. The van der Waals surface area contributed by atoms with Gasteiger partial charge in [0.15, 0.2) is 0 Å². The molecule has 0 saturated heterocycles. The first-order valence-electron chi connectivity index (χ1n) is 8.92. The number of aromatic hydroxyl groups is 1. The number of hydrogen-bond acceptors (Lipinski definition) is 3. The first-order valence-corrected chi connectivity index (χ1v) is 9.74. The lowest BCUT2D eigenvalue weighted by atomic mass is 9.95. The van der Waals surface area contributed by atoms with Crippen LogP contribution in [0.15, 0.2) is 40.1 Å². The summed E-state index contributed by atoms with van der Waals surface area (Å²) in [6, 6.07) is 9.80. The van der Waals surface area contributed by atoms with Gasteiger partial charge in [-0.1, -0.05) is 46.4 Å². The molecule has 2 aromatic rings. The van der Waals surface area contributed by atoms with Gasteiger partial charge in [0, 0.05) is 20.9 Å². The topological polar surface area (TPSA) is 49.3 Å². The van der Waals surface area contributed by atoms with E-state index in [0.29, 0.717) is 5.75 Å². The predicted molar refractivity (Wildman–Crippen MR) is 110 cm³/mol. The minimum atomic E-state index is -0.422. The molecule has 0 radical (unpaired) electrons. The summed E-state index contributed by atoms with van der Waals surface area (Å²) in [6.45, 7) is 14.0. The second kappa shape index (κ2) is 7.75. The van der Waals surface area contributed by atoms with Gasteiger partial charge in [0.05, 0.1) is 0 Å². The number of phenols is 1. The normalized spacial score (nSPS) is 11.7.